The lowest BCUT2D eigenvalue weighted by molar-refractivity contribution is 0.0954. The van der Waals surface area contributed by atoms with Crippen molar-refractivity contribution in [1.29, 1.82) is 0 Å². The van der Waals surface area contributed by atoms with E-state index in [4.69, 9.17) is 13.9 Å². The molecule has 7 nitrogen and oxygen atoms in total. The molecule has 0 atom stereocenters. The maximum atomic E-state index is 12.1. The fraction of sp³-hybridized carbons (Fsp3) is 0.333. The summed E-state index contributed by atoms with van der Waals surface area (Å²) < 4.78 is 16.0. The first-order chi connectivity index (χ1) is 12.1. The highest BCUT2D eigenvalue weighted by atomic mass is 16.5. The molecule has 0 radical (unpaired) electrons. The van der Waals surface area contributed by atoms with Crippen LogP contribution in [0.3, 0.4) is 0 Å². The van der Waals surface area contributed by atoms with Crippen LogP contribution in [0, 0.1) is 0 Å². The second-order valence-electron chi connectivity index (χ2n) is 5.12. The molecule has 0 unspecified atom stereocenters. The van der Waals surface area contributed by atoms with Gasteiger partial charge in [0.15, 0.2) is 17.4 Å². The molecule has 1 aromatic heterocycles. The number of carbonyl (C=O) groups is 1. The van der Waals surface area contributed by atoms with E-state index in [0.29, 0.717) is 22.8 Å². The third-order valence-electron chi connectivity index (χ3n) is 3.69. The molecular weight excluding hydrogens is 322 g/mol. The summed E-state index contributed by atoms with van der Waals surface area (Å²) in [6.07, 6.45) is 1.46. The van der Waals surface area contributed by atoms with Crippen LogP contribution >= 0.6 is 0 Å². The van der Waals surface area contributed by atoms with Gasteiger partial charge in [-0.1, -0.05) is 0 Å². The van der Waals surface area contributed by atoms with Crippen molar-refractivity contribution < 1.29 is 18.7 Å². The minimum absolute atomic E-state index is 0.354. The zero-order valence-electron chi connectivity index (χ0n) is 14.9. The van der Waals surface area contributed by atoms with E-state index in [-0.39, 0.29) is 5.91 Å². The Morgan fingerprint density at radius 1 is 1.16 bits per heavy atom. The molecule has 2 rings (SSSR count). The maximum absolute atomic E-state index is 12.1. The van der Waals surface area contributed by atoms with Crippen LogP contribution in [0.25, 0.3) is 0 Å². The topological polar surface area (TPSA) is 76.3 Å². The molecule has 0 bridgehead atoms. The Labute approximate surface area is 147 Å². The number of hydrazone groups is 1. The summed E-state index contributed by atoms with van der Waals surface area (Å²) in [6.45, 7) is 5.83. The first-order valence-corrected chi connectivity index (χ1v) is 8.03. The minimum Gasteiger partial charge on any atom is -0.493 e. The van der Waals surface area contributed by atoms with Crippen LogP contribution in [0.2, 0.25) is 0 Å². The molecule has 0 saturated carbocycles. The Morgan fingerprint density at radius 2 is 1.88 bits per heavy atom. The fourth-order valence-electron chi connectivity index (χ4n) is 2.31. The molecule has 1 aromatic carbocycles. The molecule has 0 aliphatic rings. The highest BCUT2D eigenvalue weighted by Gasteiger charge is 2.10. The molecule has 1 heterocycles. The van der Waals surface area contributed by atoms with E-state index in [9.17, 15) is 4.79 Å². The number of methoxy groups -OCH3 is 2. The molecular formula is C18H23N3O4. The number of furan rings is 1. The van der Waals surface area contributed by atoms with Crippen molar-refractivity contribution in [2.24, 2.45) is 5.10 Å². The van der Waals surface area contributed by atoms with E-state index in [2.05, 4.69) is 29.3 Å². The fourth-order valence-corrected chi connectivity index (χ4v) is 2.31. The van der Waals surface area contributed by atoms with E-state index in [1.807, 2.05) is 6.07 Å². The van der Waals surface area contributed by atoms with Gasteiger partial charge in [-0.2, -0.15) is 5.10 Å². The lowest BCUT2D eigenvalue weighted by atomic mass is 10.2. The zero-order valence-corrected chi connectivity index (χ0v) is 14.9. The summed E-state index contributed by atoms with van der Waals surface area (Å²) in [4.78, 5) is 14.2. The highest BCUT2D eigenvalue weighted by molar-refractivity contribution is 5.95. The van der Waals surface area contributed by atoms with Crippen molar-refractivity contribution in [3.05, 3.63) is 41.7 Å². The van der Waals surface area contributed by atoms with Gasteiger partial charge in [-0.05, 0) is 38.1 Å². The van der Waals surface area contributed by atoms with E-state index in [0.717, 1.165) is 19.0 Å². The minimum atomic E-state index is -0.354. The van der Waals surface area contributed by atoms with Crippen LogP contribution < -0.4 is 19.8 Å². The summed E-state index contributed by atoms with van der Waals surface area (Å²) in [7, 11) is 3.06. The average Bonchev–Trinajstić information content (AvgIpc) is 3.10. The van der Waals surface area contributed by atoms with E-state index < -0.39 is 0 Å². The van der Waals surface area contributed by atoms with E-state index in [1.165, 1.54) is 20.4 Å². The first-order valence-electron chi connectivity index (χ1n) is 8.03. The summed E-state index contributed by atoms with van der Waals surface area (Å²) in [6, 6.07) is 8.58. The SMILES string of the molecule is CCN(CC)c1ccc(/C=N\NC(=O)c2ccc(OC)c(OC)c2)o1. The molecule has 0 aliphatic heterocycles. The van der Waals surface area contributed by atoms with Crippen LogP contribution in [0.15, 0.2) is 39.9 Å². The molecule has 2 aromatic rings. The predicted octanol–water partition coefficient (Wildman–Crippen LogP) is 2.91. The lowest BCUT2D eigenvalue weighted by Crippen LogP contribution is -2.20. The molecule has 0 aliphatic carbocycles. The van der Waals surface area contributed by atoms with Gasteiger partial charge in [0.25, 0.3) is 5.91 Å². The van der Waals surface area contributed by atoms with Gasteiger partial charge in [0.2, 0.25) is 0 Å². The third-order valence-corrected chi connectivity index (χ3v) is 3.69. The first kappa shape index (κ1) is 18.4. The van der Waals surface area contributed by atoms with Gasteiger partial charge in [-0.15, -0.1) is 0 Å². The summed E-state index contributed by atoms with van der Waals surface area (Å²) in [5, 5.41) is 3.93. The van der Waals surface area contributed by atoms with Gasteiger partial charge < -0.3 is 18.8 Å². The summed E-state index contributed by atoms with van der Waals surface area (Å²) >= 11 is 0. The van der Waals surface area contributed by atoms with Crippen LogP contribution in [0.1, 0.15) is 30.0 Å². The summed E-state index contributed by atoms with van der Waals surface area (Å²) in [5.41, 5.74) is 2.88. The van der Waals surface area contributed by atoms with Crippen molar-refractivity contribution in [2.45, 2.75) is 13.8 Å². The van der Waals surface area contributed by atoms with Crippen LogP contribution in [0.5, 0.6) is 11.5 Å². The number of anilines is 1. The van der Waals surface area contributed by atoms with Crippen LogP contribution in [0.4, 0.5) is 5.88 Å². The second kappa shape index (κ2) is 8.77. The smallest absolute Gasteiger partial charge is 0.271 e. The van der Waals surface area contributed by atoms with E-state index in [1.54, 1.807) is 24.3 Å². The summed E-state index contributed by atoms with van der Waals surface area (Å²) in [5.74, 6) is 2.02. The number of carbonyl (C=O) groups excluding carboxylic acids is 1. The zero-order chi connectivity index (χ0) is 18.2. The van der Waals surface area contributed by atoms with E-state index >= 15 is 0 Å². The Balaban J connectivity index is 2.01. The number of hydrogen-bond donors (Lipinski definition) is 1. The standard InChI is InChI=1S/C18H23N3O4/c1-5-21(6-2)17-10-8-14(25-17)12-19-20-18(22)13-7-9-15(23-3)16(11-13)24-4/h7-12H,5-6H2,1-4H3,(H,20,22)/b19-12-. The quantitative estimate of drug-likeness (QED) is 0.588. The molecule has 1 amide bonds. The molecule has 7 heteroatoms. The van der Waals surface area contributed by atoms with Gasteiger partial charge >= 0.3 is 0 Å². The van der Waals surface area contributed by atoms with Crippen molar-refractivity contribution in [3.63, 3.8) is 0 Å². The molecule has 1 N–H and O–H groups in total. The van der Waals surface area contributed by atoms with Crippen molar-refractivity contribution in [2.75, 3.05) is 32.2 Å². The number of ether oxygens (including phenoxy) is 2. The van der Waals surface area contributed by atoms with Gasteiger partial charge in [0, 0.05) is 24.7 Å². The largest absolute Gasteiger partial charge is 0.493 e. The number of benzene rings is 1. The second-order valence-corrected chi connectivity index (χ2v) is 5.12. The van der Waals surface area contributed by atoms with Gasteiger partial charge in [-0.25, -0.2) is 5.43 Å². The maximum Gasteiger partial charge on any atom is 0.271 e. The number of nitrogens with zero attached hydrogens (tertiary/aromatic N) is 2. The molecule has 0 fully saturated rings. The van der Waals surface area contributed by atoms with Crippen LogP contribution in [-0.2, 0) is 0 Å². The van der Waals surface area contributed by atoms with Crippen LogP contribution in [-0.4, -0.2) is 39.4 Å². The van der Waals surface area contributed by atoms with Crippen molar-refractivity contribution >= 4 is 18.0 Å². The van der Waals surface area contributed by atoms with Gasteiger partial charge in [-0.3, -0.25) is 4.79 Å². The van der Waals surface area contributed by atoms with Gasteiger partial charge in [0.05, 0.1) is 20.4 Å². The Morgan fingerprint density at radius 3 is 2.52 bits per heavy atom. The molecule has 0 spiro atoms. The Bertz CT molecular complexity index is 736. The van der Waals surface area contributed by atoms with Crippen molar-refractivity contribution in [1.82, 2.24) is 5.43 Å². The predicted molar refractivity (Wildman–Crippen MR) is 96.9 cm³/mol. The number of rotatable bonds is 8. The van der Waals surface area contributed by atoms with Crippen molar-refractivity contribution in [3.8, 4) is 11.5 Å². The third kappa shape index (κ3) is 4.53. The van der Waals surface area contributed by atoms with Gasteiger partial charge in [0.1, 0.15) is 5.76 Å². The Hall–Kier alpha value is -2.96. The molecule has 134 valence electrons. The molecule has 0 saturated heterocycles. The number of nitrogens with one attached hydrogen (secondary N) is 1. The normalized spacial score (nSPS) is 10.7. The highest BCUT2D eigenvalue weighted by Crippen LogP contribution is 2.27. The monoisotopic (exact) mass is 345 g/mol. The molecule has 25 heavy (non-hydrogen) atoms. The number of hydrogen-bond acceptors (Lipinski definition) is 6. The lowest BCUT2D eigenvalue weighted by Gasteiger charge is -2.16. The number of amides is 1. The average molecular weight is 345 g/mol. The Kier molecular flexibility index (Phi) is 6.45.